The van der Waals surface area contributed by atoms with Gasteiger partial charge in [0.05, 0.1) is 17.6 Å². The molecule has 6 rings (SSSR count). The number of ether oxygens (including phenoxy) is 1. The molecule has 41 heavy (non-hydrogen) atoms. The first kappa shape index (κ1) is 29.7. The number of carbonyl (C=O) groups is 2. The molecular formula is C35H56N2O4. The predicted octanol–water partition coefficient (Wildman–Crippen LogP) is 6.26. The Balaban J connectivity index is 1.49. The Morgan fingerprint density at radius 2 is 1.59 bits per heavy atom. The van der Waals surface area contributed by atoms with Crippen LogP contribution in [-0.2, 0) is 14.3 Å². The van der Waals surface area contributed by atoms with Gasteiger partial charge in [0, 0.05) is 43.8 Å². The van der Waals surface area contributed by atoms with E-state index in [-0.39, 0.29) is 30.7 Å². The highest BCUT2D eigenvalue weighted by Crippen LogP contribution is 2.59. The monoisotopic (exact) mass is 568 g/mol. The van der Waals surface area contributed by atoms with Gasteiger partial charge in [-0.05, 0) is 121 Å². The van der Waals surface area contributed by atoms with E-state index in [1.807, 2.05) is 7.11 Å². The van der Waals surface area contributed by atoms with Crippen molar-refractivity contribution in [3.8, 4) is 0 Å². The van der Waals surface area contributed by atoms with Crippen molar-refractivity contribution in [1.82, 2.24) is 9.80 Å². The van der Waals surface area contributed by atoms with Crippen LogP contribution in [0.5, 0.6) is 0 Å². The quantitative estimate of drug-likeness (QED) is 0.411. The van der Waals surface area contributed by atoms with Gasteiger partial charge in [-0.2, -0.15) is 0 Å². The van der Waals surface area contributed by atoms with Gasteiger partial charge in [-0.25, -0.2) is 0 Å². The number of likely N-dealkylation sites (tertiary alicyclic amines) is 1. The third kappa shape index (κ3) is 5.11. The summed E-state index contributed by atoms with van der Waals surface area (Å²) < 4.78 is 6.02. The van der Waals surface area contributed by atoms with Crippen molar-refractivity contribution in [3.05, 3.63) is 11.1 Å². The average molecular weight is 569 g/mol. The highest BCUT2D eigenvalue weighted by Gasteiger charge is 2.64. The van der Waals surface area contributed by atoms with Crippen LogP contribution in [0.25, 0.3) is 0 Å². The number of nitrogens with zero attached hydrogens (tertiary/aromatic N) is 2. The van der Waals surface area contributed by atoms with Crippen LogP contribution in [0.3, 0.4) is 0 Å². The van der Waals surface area contributed by atoms with E-state index in [2.05, 4.69) is 23.6 Å². The molecule has 4 fully saturated rings. The van der Waals surface area contributed by atoms with Gasteiger partial charge in [-0.1, -0.05) is 25.7 Å². The third-order valence-electron chi connectivity index (χ3n) is 12.5. The van der Waals surface area contributed by atoms with E-state index < -0.39 is 5.41 Å². The largest absolute Gasteiger partial charge is 0.396 e. The van der Waals surface area contributed by atoms with Crippen LogP contribution in [0, 0.1) is 29.1 Å². The Morgan fingerprint density at radius 3 is 2.32 bits per heavy atom. The summed E-state index contributed by atoms with van der Waals surface area (Å²) in [5.41, 5.74) is 1.68. The highest BCUT2D eigenvalue weighted by atomic mass is 16.5. The van der Waals surface area contributed by atoms with E-state index in [0.29, 0.717) is 35.6 Å². The van der Waals surface area contributed by atoms with Crippen molar-refractivity contribution in [2.75, 3.05) is 20.3 Å². The van der Waals surface area contributed by atoms with Gasteiger partial charge in [0.15, 0.2) is 0 Å². The fraction of sp³-hybridized carbons (Fsp3) is 0.886. The molecule has 4 aliphatic carbocycles. The van der Waals surface area contributed by atoms with Crippen molar-refractivity contribution < 1.29 is 19.4 Å². The molecule has 0 aromatic heterocycles. The van der Waals surface area contributed by atoms with Crippen molar-refractivity contribution >= 4 is 11.8 Å². The van der Waals surface area contributed by atoms with Gasteiger partial charge in [0.25, 0.3) is 0 Å². The summed E-state index contributed by atoms with van der Waals surface area (Å²) in [6.45, 7) is 5.42. The SMILES string of the molecule is COC1CCCCC1CN1C(=O)C2=C(CCCC2)[C@@]2(CC3CCCCC3N(C(C)C)C2=O)[C@@H]1C1CCC(CO)CC1. The summed E-state index contributed by atoms with van der Waals surface area (Å²) in [6.07, 6.45) is 18.4. The van der Waals surface area contributed by atoms with Crippen molar-refractivity contribution in [2.24, 2.45) is 29.1 Å². The Hall–Kier alpha value is -1.40. The van der Waals surface area contributed by atoms with Crippen LogP contribution in [-0.4, -0.2) is 71.2 Å². The highest BCUT2D eigenvalue weighted by molar-refractivity contribution is 6.01. The maximum absolute atomic E-state index is 15.4. The van der Waals surface area contributed by atoms with E-state index in [1.165, 1.54) is 37.7 Å². The number of hydrogen-bond donors (Lipinski definition) is 1. The molecule has 6 heteroatoms. The molecule has 1 N–H and O–H groups in total. The van der Waals surface area contributed by atoms with E-state index in [0.717, 1.165) is 89.2 Å². The number of fused-ring (bicyclic) bond motifs is 2. The smallest absolute Gasteiger partial charge is 0.250 e. The van der Waals surface area contributed by atoms with E-state index in [9.17, 15) is 9.90 Å². The lowest BCUT2D eigenvalue weighted by molar-refractivity contribution is -0.170. The molecule has 4 unspecified atom stereocenters. The van der Waals surface area contributed by atoms with Crippen molar-refractivity contribution in [3.63, 3.8) is 0 Å². The van der Waals surface area contributed by atoms with Gasteiger partial charge in [0.2, 0.25) is 11.8 Å². The minimum Gasteiger partial charge on any atom is -0.396 e. The zero-order chi connectivity index (χ0) is 28.7. The number of methoxy groups -OCH3 is 1. The molecule has 6 nitrogen and oxygen atoms in total. The predicted molar refractivity (Wildman–Crippen MR) is 161 cm³/mol. The molecular weight excluding hydrogens is 512 g/mol. The van der Waals surface area contributed by atoms with E-state index >= 15 is 4.79 Å². The number of amides is 2. The first-order chi connectivity index (χ1) is 19.9. The first-order valence-electron chi connectivity index (χ1n) is 17.4. The van der Waals surface area contributed by atoms with Crippen LogP contribution in [0.4, 0.5) is 0 Å². The average Bonchev–Trinajstić information content (AvgIpc) is 3.00. The fourth-order valence-electron chi connectivity index (χ4n) is 10.7. The summed E-state index contributed by atoms with van der Waals surface area (Å²) in [4.78, 5) is 34.7. The zero-order valence-electron chi connectivity index (χ0n) is 26.1. The normalized spacial score (nSPS) is 40.3. The molecule has 1 saturated heterocycles. The summed E-state index contributed by atoms with van der Waals surface area (Å²) in [5.74, 6) is 2.11. The number of rotatable bonds is 6. The Labute approximate surface area is 248 Å². The van der Waals surface area contributed by atoms with Crippen LogP contribution in [0.15, 0.2) is 11.1 Å². The van der Waals surface area contributed by atoms with Crippen LogP contribution >= 0.6 is 0 Å². The molecule has 2 amide bonds. The molecule has 1 spiro atoms. The molecule has 2 aliphatic heterocycles. The lowest BCUT2D eigenvalue weighted by Gasteiger charge is -2.62. The third-order valence-corrected chi connectivity index (χ3v) is 12.5. The lowest BCUT2D eigenvalue weighted by Crippen LogP contribution is -2.71. The standard InChI is InChI=1S/C35H56N2O4/c1-23(2)37-30-14-8-4-10-26(30)20-35(34(37)40)29-13-7-6-12-28(29)33(39)36(21-27-11-5-9-15-31(27)41-3)32(35)25-18-16-24(22-38)17-19-25/h23-27,30-32,38H,4-22H2,1-3H3/t24?,25?,26?,27?,30?,31?,32-,35-/m0/s1. The second kappa shape index (κ2) is 12.3. The van der Waals surface area contributed by atoms with Crippen molar-refractivity contribution in [1.29, 1.82) is 0 Å². The molecule has 0 radical (unpaired) electrons. The van der Waals surface area contributed by atoms with Gasteiger partial charge in [-0.15, -0.1) is 0 Å². The zero-order valence-corrected chi connectivity index (χ0v) is 26.1. The maximum Gasteiger partial charge on any atom is 0.250 e. The first-order valence-corrected chi connectivity index (χ1v) is 17.4. The van der Waals surface area contributed by atoms with Gasteiger partial charge in [-0.3, -0.25) is 9.59 Å². The van der Waals surface area contributed by atoms with Crippen molar-refractivity contribution in [2.45, 2.75) is 147 Å². The Bertz CT molecular complexity index is 1000. The van der Waals surface area contributed by atoms with Crippen LogP contribution in [0.2, 0.25) is 0 Å². The summed E-state index contributed by atoms with van der Waals surface area (Å²) >= 11 is 0. The van der Waals surface area contributed by atoms with E-state index in [1.54, 1.807) is 0 Å². The minimum absolute atomic E-state index is 0.0671. The lowest BCUT2D eigenvalue weighted by atomic mass is 9.53. The van der Waals surface area contributed by atoms with Crippen LogP contribution < -0.4 is 0 Å². The Kier molecular flexibility index (Phi) is 8.90. The molecule has 0 aromatic carbocycles. The Morgan fingerprint density at radius 1 is 0.878 bits per heavy atom. The van der Waals surface area contributed by atoms with Crippen LogP contribution in [0.1, 0.15) is 123 Å². The number of hydrogen-bond acceptors (Lipinski definition) is 4. The molecule has 0 bridgehead atoms. The number of aliphatic hydroxyl groups is 1. The van der Waals surface area contributed by atoms with Gasteiger partial charge < -0.3 is 19.6 Å². The maximum atomic E-state index is 15.4. The second-order valence-electron chi connectivity index (χ2n) is 14.9. The number of aliphatic hydroxyl groups excluding tert-OH is 1. The van der Waals surface area contributed by atoms with E-state index in [4.69, 9.17) is 4.74 Å². The minimum atomic E-state index is -0.583. The van der Waals surface area contributed by atoms with Gasteiger partial charge >= 0.3 is 0 Å². The molecule has 6 aliphatic rings. The molecule has 0 aromatic rings. The summed E-state index contributed by atoms with van der Waals surface area (Å²) in [7, 11) is 1.84. The molecule has 6 atom stereocenters. The van der Waals surface area contributed by atoms with Gasteiger partial charge in [0.1, 0.15) is 0 Å². The summed E-state index contributed by atoms with van der Waals surface area (Å²) in [6, 6.07) is 0.455. The summed E-state index contributed by atoms with van der Waals surface area (Å²) in [5, 5.41) is 9.97. The number of piperidine rings is 1. The topological polar surface area (TPSA) is 70.1 Å². The fourth-order valence-corrected chi connectivity index (χ4v) is 10.7. The molecule has 3 saturated carbocycles. The molecule has 230 valence electrons. The molecule has 2 heterocycles. The second-order valence-corrected chi connectivity index (χ2v) is 14.9. The number of carbonyl (C=O) groups excluding carboxylic acids is 2.